The van der Waals surface area contributed by atoms with Crippen LogP contribution in [0.1, 0.15) is 16.7 Å². The second-order valence-corrected chi connectivity index (χ2v) is 8.77. The number of nitro benzene ring substituents is 1. The summed E-state index contributed by atoms with van der Waals surface area (Å²) < 4.78 is 7.33. The van der Waals surface area contributed by atoms with Crippen molar-refractivity contribution in [2.75, 3.05) is 0 Å². The molecule has 3 rings (SSSR count). The number of hydrogen-bond acceptors (Lipinski definition) is 5. The van der Waals surface area contributed by atoms with Gasteiger partial charge in [0.2, 0.25) is 5.91 Å². The molecule has 0 spiro atoms. The summed E-state index contributed by atoms with van der Waals surface area (Å²) in [6.45, 7) is 0.376. The maximum atomic E-state index is 12.0. The van der Waals surface area contributed by atoms with Gasteiger partial charge in [0.1, 0.15) is 12.4 Å². The molecule has 3 aromatic carbocycles. The molecule has 0 saturated heterocycles. The van der Waals surface area contributed by atoms with Gasteiger partial charge in [0.15, 0.2) is 0 Å². The zero-order valence-corrected chi connectivity index (χ0v) is 20.4. The van der Waals surface area contributed by atoms with Gasteiger partial charge in [0, 0.05) is 17.2 Å². The number of carbonyl (C=O) groups is 1. The molecule has 0 aliphatic heterocycles. The van der Waals surface area contributed by atoms with Crippen LogP contribution in [0.15, 0.2) is 74.7 Å². The molecule has 0 bridgehead atoms. The lowest BCUT2D eigenvalue weighted by Crippen LogP contribution is -2.19. The van der Waals surface area contributed by atoms with E-state index < -0.39 is 4.92 Å². The van der Waals surface area contributed by atoms with Crippen molar-refractivity contribution < 1.29 is 14.5 Å². The molecule has 32 heavy (non-hydrogen) atoms. The fourth-order valence-corrected chi connectivity index (χ4v) is 4.24. The highest BCUT2D eigenvalue weighted by molar-refractivity contribution is 9.11. The Morgan fingerprint density at radius 3 is 2.25 bits per heavy atom. The predicted molar refractivity (Wildman–Crippen MR) is 130 cm³/mol. The van der Waals surface area contributed by atoms with Gasteiger partial charge in [-0.25, -0.2) is 5.43 Å². The maximum absolute atomic E-state index is 12.0. The first kappa shape index (κ1) is 23.9. The molecular formula is C22H16Br2ClN3O4. The molecule has 0 fully saturated rings. The number of rotatable bonds is 8. The molecule has 10 heteroatoms. The molecule has 7 nitrogen and oxygen atoms in total. The Bertz CT molecular complexity index is 1130. The number of nitro groups is 1. The molecule has 0 aromatic heterocycles. The van der Waals surface area contributed by atoms with Crippen LogP contribution in [0.5, 0.6) is 5.75 Å². The van der Waals surface area contributed by atoms with Gasteiger partial charge in [-0.3, -0.25) is 14.9 Å². The summed E-state index contributed by atoms with van der Waals surface area (Å²) in [6, 6.07) is 16.8. The van der Waals surface area contributed by atoms with Gasteiger partial charge in [-0.1, -0.05) is 35.9 Å². The van der Waals surface area contributed by atoms with Gasteiger partial charge in [-0.2, -0.15) is 5.10 Å². The lowest BCUT2D eigenvalue weighted by molar-refractivity contribution is -0.384. The molecule has 1 amide bonds. The van der Waals surface area contributed by atoms with Crippen LogP contribution in [0.2, 0.25) is 5.02 Å². The number of nitrogens with one attached hydrogen (secondary N) is 1. The number of ether oxygens (including phenoxy) is 1. The molecule has 3 aromatic rings. The van der Waals surface area contributed by atoms with Crippen LogP contribution >= 0.6 is 43.5 Å². The number of benzene rings is 3. The standard InChI is InChI=1S/C22H16Br2ClN3O4/c23-19-9-16(10-20(24)22(19)32-13-15-1-5-17(25)6-2-15)12-26-27-21(29)11-14-3-7-18(8-4-14)28(30)31/h1-10,12H,11,13H2,(H,27,29)/b26-12-. The van der Waals surface area contributed by atoms with E-state index in [1.807, 2.05) is 24.3 Å². The normalized spacial score (nSPS) is 10.8. The van der Waals surface area contributed by atoms with Gasteiger partial charge in [-0.05, 0) is 72.8 Å². The number of hydrogen-bond donors (Lipinski definition) is 1. The van der Waals surface area contributed by atoms with Gasteiger partial charge in [-0.15, -0.1) is 0 Å². The highest BCUT2D eigenvalue weighted by atomic mass is 79.9. The van der Waals surface area contributed by atoms with Crippen LogP contribution in [-0.4, -0.2) is 17.0 Å². The van der Waals surface area contributed by atoms with E-state index in [2.05, 4.69) is 42.4 Å². The molecule has 164 valence electrons. The van der Waals surface area contributed by atoms with E-state index in [1.54, 1.807) is 24.3 Å². The van der Waals surface area contributed by atoms with E-state index in [-0.39, 0.29) is 18.0 Å². The smallest absolute Gasteiger partial charge is 0.269 e. The Kier molecular flexibility index (Phi) is 8.38. The summed E-state index contributed by atoms with van der Waals surface area (Å²) in [5.41, 5.74) is 4.79. The van der Waals surface area contributed by atoms with Crippen molar-refractivity contribution in [1.29, 1.82) is 0 Å². The summed E-state index contributed by atoms with van der Waals surface area (Å²) in [4.78, 5) is 22.2. The minimum atomic E-state index is -0.488. The van der Waals surface area contributed by atoms with E-state index in [9.17, 15) is 14.9 Å². The van der Waals surface area contributed by atoms with E-state index in [0.717, 1.165) is 20.1 Å². The zero-order valence-electron chi connectivity index (χ0n) is 16.4. The number of carbonyl (C=O) groups excluding carboxylic acids is 1. The fourth-order valence-electron chi connectivity index (χ4n) is 2.67. The molecule has 0 unspecified atom stereocenters. The molecule has 1 N–H and O–H groups in total. The lowest BCUT2D eigenvalue weighted by atomic mass is 10.1. The van der Waals surface area contributed by atoms with E-state index in [0.29, 0.717) is 22.9 Å². The highest BCUT2D eigenvalue weighted by Crippen LogP contribution is 2.35. The number of hydrazone groups is 1. The second kappa shape index (κ2) is 11.2. The predicted octanol–water partition coefficient (Wildman–Crippen LogP) is 6.05. The first-order valence-corrected chi connectivity index (χ1v) is 11.2. The Labute approximate surface area is 205 Å². The third-order valence-corrected chi connectivity index (χ3v) is 5.66. The van der Waals surface area contributed by atoms with Gasteiger partial charge < -0.3 is 4.74 Å². The van der Waals surface area contributed by atoms with Gasteiger partial charge in [0.05, 0.1) is 26.5 Å². The van der Waals surface area contributed by atoms with Crippen LogP contribution < -0.4 is 10.2 Å². The third-order valence-electron chi connectivity index (χ3n) is 4.23. The highest BCUT2D eigenvalue weighted by Gasteiger charge is 2.10. The van der Waals surface area contributed by atoms with Crippen LogP contribution in [0.3, 0.4) is 0 Å². The lowest BCUT2D eigenvalue weighted by Gasteiger charge is -2.11. The first-order chi connectivity index (χ1) is 15.3. The minimum Gasteiger partial charge on any atom is -0.487 e. The average Bonchev–Trinajstić information content (AvgIpc) is 2.75. The molecular weight excluding hydrogens is 566 g/mol. The molecule has 0 heterocycles. The molecule has 0 atom stereocenters. The second-order valence-electron chi connectivity index (χ2n) is 6.62. The van der Waals surface area contributed by atoms with Crippen molar-refractivity contribution >= 4 is 61.3 Å². The van der Waals surface area contributed by atoms with Crippen molar-refractivity contribution in [2.24, 2.45) is 5.10 Å². The third kappa shape index (κ3) is 6.88. The fraction of sp³-hybridized carbons (Fsp3) is 0.0909. The summed E-state index contributed by atoms with van der Waals surface area (Å²) in [5, 5.41) is 15.3. The number of amides is 1. The summed E-state index contributed by atoms with van der Waals surface area (Å²) >= 11 is 12.9. The molecule has 0 saturated carbocycles. The summed E-state index contributed by atoms with van der Waals surface area (Å²) in [6.07, 6.45) is 1.56. The number of non-ortho nitro benzene ring substituents is 1. The van der Waals surface area contributed by atoms with Gasteiger partial charge in [0.25, 0.3) is 5.69 Å². The SMILES string of the molecule is O=C(Cc1ccc([N+](=O)[O-])cc1)N/N=C\c1cc(Br)c(OCc2ccc(Cl)cc2)c(Br)c1. The Morgan fingerprint density at radius 1 is 1.06 bits per heavy atom. The molecule has 0 radical (unpaired) electrons. The molecule has 0 aliphatic carbocycles. The Morgan fingerprint density at radius 2 is 1.66 bits per heavy atom. The summed E-state index contributed by atoms with van der Waals surface area (Å²) in [5.74, 6) is 0.301. The zero-order chi connectivity index (χ0) is 23.1. The molecule has 0 aliphatic rings. The van der Waals surface area contributed by atoms with Crippen molar-refractivity contribution in [2.45, 2.75) is 13.0 Å². The largest absolute Gasteiger partial charge is 0.487 e. The van der Waals surface area contributed by atoms with E-state index >= 15 is 0 Å². The Balaban J connectivity index is 1.56. The number of halogens is 3. The quantitative estimate of drug-likeness (QED) is 0.199. The van der Waals surface area contributed by atoms with Crippen molar-refractivity contribution in [3.8, 4) is 5.75 Å². The number of nitrogens with zero attached hydrogens (tertiary/aromatic N) is 2. The monoisotopic (exact) mass is 579 g/mol. The van der Waals surface area contributed by atoms with Crippen molar-refractivity contribution in [3.63, 3.8) is 0 Å². The van der Waals surface area contributed by atoms with Crippen LogP contribution in [0, 0.1) is 10.1 Å². The van der Waals surface area contributed by atoms with Crippen molar-refractivity contribution in [3.05, 3.63) is 101 Å². The van der Waals surface area contributed by atoms with Gasteiger partial charge >= 0.3 is 0 Å². The Hall–Kier alpha value is -2.75. The average molecular weight is 582 g/mol. The first-order valence-electron chi connectivity index (χ1n) is 9.23. The van der Waals surface area contributed by atoms with E-state index in [1.165, 1.54) is 18.3 Å². The minimum absolute atomic E-state index is 0.0241. The maximum Gasteiger partial charge on any atom is 0.269 e. The van der Waals surface area contributed by atoms with Crippen molar-refractivity contribution in [1.82, 2.24) is 5.43 Å². The van der Waals surface area contributed by atoms with E-state index in [4.69, 9.17) is 16.3 Å². The topological polar surface area (TPSA) is 93.8 Å². The summed E-state index contributed by atoms with van der Waals surface area (Å²) in [7, 11) is 0. The van der Waals surface area contributed by atoms with Crippen LogP contribution in [0.25, 0.3) is 0 Å². The van der Waals surface area contributed by atoms with Crippen LogP contribution in [-0.2, 0) is 17.8 Å². The van der Waals surface area contributed by atoms with Crippen LogP contribution in [0.4, 0.5) is 5.69 Å².